The topological polar surface area (TPSA) is 103 Å². The summed E-state index contributed by atoms with van der Waals surface area (Å²) in [5.41, 5.74) is 0.621. The van der Waals surface area contributed by atoms with Crippen molar-refractivity contribution in [2.24, 2.45) is 0 Å². The van der Waals surface area contributed by atoms with Crippen LogP contribution in [0.2, 0.25) is 0 Å². The van der Waals surface area contributed by atoms with Crippen LogP contribution in [0.15, 0.2) is 10.5 Å². The molecule has 0 unspecified atom stereocenters. The zero-order chi connectivity index (χ0) is 13.7. The average molecular weight is 301 g/mol. The largest absolute Gasteiger partial charge is 0.481 e. The van der Waals surface area contributed by atoms with Crippen molar-refractivity contribution in [3.63, 3.8) is 0 Å². The summed E-state index contributed by atoms with van der Waals surface area (Å²) in [7, 11) is 1.60. The second kappa shape index (κ2) is 6.59. The maximum atomic E-state index is 10.6. The van der Waals surface area contributed by atoms with E-state index in [0.717, 1.165) is 11.8 Å². The Morgan fingerprint density at radius 1 is 1.53 bits per heavy atom. The number of hydrogen-bond donors (Lipinski definition) is 1. The quantitative estimate of drug-likeness (QED) is 0.742. The highest BCUT2D eigenvalue weighted by Crippen LogP contribution is 2.22. The molecule has 1 N–H and O–H groups in total. The summed E-state index contributed by atoms with van der Waals surface area (Å²) in [6.45, 7) is 1.00. The maximum Gasteiger partial charge on any atom is 0.313 e. The Kier molecular flexibility index (Phi) is 4.82. The molecule has 0 saturated carbocycles. The number of nitrogens with zero attached hydrogens (tertiary/aromatic N) is 5. The fourth-order valence-electron chi connectivity index (χ4n) is 1.36. The highest BCUT2D eigenvalue weighted by Gasteiger charge is 2.16. The van der Waals surface area contributed by atoms with Crippen molar-refractivity contribution in [3.05, 3.63) is 5.38 Å². The smallest absolute Gasteiger partial charge is 0.313 e. The van der Waals surface area contributed by atoms with Gasteiger partial charge >= 0.3 is 5.97 Å². The molecular formula is C9H11N5O3S2. The maximum absolute atomic E-state index is 10.6. The van der Waals surface area contributed by atoms with Crippen LogP contribution in [0.1, 0.15) is 0 Å². The Hall–Kier alpha value is -1.52. The summed E-state index contributed by atoms with van der Waals surface area (Å²) in [6, 6.07) is 0. The zero-order valence-corrected chi connectivity index (χ0v) is 11.6. The summed E-state index contributed by atoms with van der Waals surface area (Å²) in [5, 5.41) is 23.0. The molecule has 2 rings (SSSR count). The number of rotatable bonds is 7. The molecule has 2 heterocycles. The minimum absolute atomic E-state index is 0.0690. The number of carboxylic acids is 1. The zero-order valence-electron chi connectivity index (χ0n) is 10.0. The molecular weight excluding hydrogens is 290 g/mol. The Morgan fingerprint density at radius 2 is 2.37 bits per heavy atom. The van der Waals surface area contributed by atoms with E-state index in [1.54, 1.807) is 17.1 Å². The molecule has 0 aliphatic heterocycles. The monoisotopic (exact) mass is 301 g/mol. The van der Waals surface area contributed by atoms with Gasteiger partial charge in [-0.25, -0.2) is 0 Å². The standard InChI is InChI=1S/C9H11N5O3S2/c1-17-3-2-14-8(6-4-19-13-10-6)11-12-9(14)18-5-7(15)16/h4H,2-3,5H2,1H3,(H,15,16). The van der Waals surface area contributed by atoms with Gasteiger partial charge in [-0.05, 0) is 11.5 Å². The molecule has 2 aromatic heterocycles. The summed E-state index contributed by atoms with van der Waals surface area (Å²) in [4.78, 5) is 10.6. The lowest BCUT2D eigenvalue weighted by Crippen LogP contribution is -2.09. The van der Waals surface area contributed by atoms with Gasteiger partial charge in [-0.15, -0.1) is 15.3 Å². The first-order valence-electron chi connectivity index (χ1n) is 5.26. The van der Waals surface area contributed by atoms with Crippen LogP contribution in [0.25, 0.3) is 11.5 Å². The van der Waals surface area contributed by atoms with Gasteiger partial charge in [0.05, 0.1) is 18.9 Å². The van der Waals surface area contributed by atoms with E-state index in [1.165, 1.54) is 11.5 Å². The number of ether oxygens (including phenoxy) is 1. The molecule has 0 fully saturated rings. The van der Waals surface area contributed by atoms with E-state index in [9.17, 15) is 4.79 Å². The molecule has 0 aliphatic rings. The van der Waals surface area contributed by atoms with Crippen LogP contribution >= 0.6 is 23.3 Å². The number of carbonyl (C=O) groups is 1. The second-order valence-electron chi connectivity index (χ2n) is 3.42. The lowest BCUT2D eigenvalue weighted by molar-refractivity contribution is -0.133. The fourth-order valence-corrected chi connectivity index (χ4v) is 2.48. The van der Waals surface area contributed by atoms with Crippen molar-refractivity contribution in [1.29, 1.82) is 0 Å². The van der Waals surface area contributed by atoms with Gasteiger partial charge in [0.1, 0.15) is 5.69 Å². The fraction of sp³-hybridized carbons (Fsp3) is 0.444. The van der Waals surface area contributed by atoms with Crippen LogP contribution in [0.4, 0.5) is 0 Å². The highest BCUT2D eigenvalue weighted by atomic mass is 32.2. The van der Waals surface area contributed by atoms with E-state index in [0.29, 0.717) is 29.8 Å². The van der Waals surface area contributed by atoms with Crippen LogP contribution in [0, 0.1) is 0 Å². The van der Waals surface area contributed by atoms with Gasteiger partial charge in [0.25, 0.3) is 0 Å². The molecule has 0 spiro atoms. The summed E-state index contributed by atoms with van der Waals surface area (Å²) in [6.07, 6.45) is 0. The predicted molar refractivity (Wildman–Crippen MR) is 69.2 cm³/mol. The van der Waals surface area contributed by atoms with Gasteiger partial charge < -0.3 is 9.84 Å². The third-order valence-electron chi connectivity index (χ3n) is 2.15. The highest BCUT2D eigenvalue weighted by molar-refractivity contribution is 7.99. The molecule has 0 radical (unpaired) electrons. The Balaban J connectivity index is 2.25. The van der Waals surface area contributed by atoms with E-state index in [4.69, 9.17) is 9.84 Å². The van der Waals surface area contributed by atoms with Crippen LogP contribution in [-0.4, -0.2) is 54.9 Å². The van der Waals surface area contributed by atoms with Gasteiger partial charge in [0, 0.05) is 12.5 Å². The molecule has 102 valence electrons. The SMILES string of the molecule is COCCn1c(SCC(=O)O)nnc1-c1csnn1. The first-order valence-corrected chi connectivity index (χ1v) is 7.08. The minimum atomic E-state index is -0.900. The lowest BCUT2D eigenvalue weighted by Gasteiger charge is -2.07. The predicted octanol–water partition coefficient (Wildman–Crippen LogP) is 0.620. The number of aliphatic carboxylic acids is 1. The van der Waals surface area contributed by atoms with Crippen molar-refractivity contribution < 1.29 is 14.6 Å². The molecule has 0 aromatic carbocycles. The third-order valence-corrected chi connectivity index (χ3v) is 3.61. The number of aromatic nitrogens is 5. The number of carboxylic acid groups (broad SMARTS) is 1. The van der Waals surface area contributed by atoms with E-state index in [1.807, 2.05) is 0 Å². The molecule has 8 nitrogen and oxygen atoms in total. The van der Waals surface area contributed by atoms with Crippen molar-refractivity contribution in [3.8, 4) is 11.5 Å². The van der Waals surface area contributed by atoms with Crippen molar-refractivity contribution in [2.45, 2.75) is 11.7 Å². The Labute approximate surface area is 117 Å². The molecule has 0 aliphatic carbocycles. The van der Waals surface area contributed by atoms with Crippen molar-refractivity contribution in [1.82, 2.24) is 24.4 Å². The minimum Gasteiger partial charge on any atom is -0.481 e. The molecule has 0 saturated heterocycles. The van der Waals surface area contributed by atoms with Crippen LogP contribution in [0.3, 0.4) is 0 Å². The molecule has 2 aromatic rings. The molecule has 19 heavy (non-hydrogen) atoms. The normalized spacial score (nSPS) is 10.8. The van der Waals surface area contributed by atoms with Gasteiger partial charge in [-0.3, -0.25) is 9.36 Å². The molecule has 0 atom stereocenters. The average Bonchev–Trinajstić information content (AvgIpc) is 3.02. The number of hydrogen-bond acceptors (Lipinski definition) is 8. The Bertz CT molecular complexity index is 542. The van der Waals surface area contributed by atoms with Gasteiger partial charge in [0.15, 0.2) is 11.0 Å². The van der Waals surface area contributed by atoms with Crippen LogP contribution in [0.5, 0.6) is 0 Å². The molecule has 0 amide bonds. The summed E-state index contributed by atoms with van der Waals surface area (Å²) < 4.78 is 10.6. The summed E-state index contributed by atoms with van der Waals surface area (Å²) in [5.74, 6) is -0.401. The van der Waals surface area contributed by atoms with E-state index in [-0.39, 0.29) is 5.75 Å². The second-order valence-corrected chi connectivity index (χ2v) is 4.98. The first kappa shape index (κ1) is 13.9. The Morgan fingerprint density at radius 3 is 3.00 bits per heavy atom. The van der Waals surface area contributed by atoms with E-state index in [2.05, 4.69) is 19.8 Å². The van der Waals surface area contributed by atoms with E-state index >= 15 is 0 Å². The van der Waals surface area contributed by atoms with Crippen molar-refractivity contribution >= 4 is 29.3 Å². The van der Waals surface area contributed by atoms with Crippen LogP contribution < -0.4 is 0 Å². The summed E-state index contributed by atoms with van der Waals surface area (Å²) >= 11 is 2.33. The molecule has 10 heteroatoms. The number of methoxy groups -OCH3 is 1. The van der Waals surface area contributed by atoms with Gasteiger partial charge in [0.2, 0.25) is 0 Å². The third kappa shape index (κ3) is 3.49. The number of thioether (sulfide) groups is 1. The molecule has 0 bridgehead atoms. The van der Waals surface area contributed by atoms with Crippen LogP contribution in [-0.2, 0) is 16.1 Å². The first-order chi connectivity index (χ1) is 9.22. The lowest BCUT2D eigenvalue weighted by atomic mass is 10.4. The van der Waals surface area contributed by atoms with Crippen molar-refractivity contribution in [2.75, 3.05) is 19.5 Å². The van der Waals surface area contributed by atoms with Gasteiger partial charge in [-0.2, -0.15) is 0 Å². The van der Waals surface area contributed by atoms with Gasteiger partial charge in [-0.1, -0.05) is 16.3 Å². The van der Waals surface area contributed by atoms with E-state index < -0.39 is 5.97 Å².